The van der Waals surface area contributed by atoms with Crippen molar-refractivity contribution in [3.05, 3.63) is 71.8 Å². The predicted octanol–water partition coefficient (Wildman–Crippen LogP) is 2.12. The third-order valence-electron chi connectivity index (χ3n) is 3.01. The van der Waals surface area contributed by atoms with E-state index in [0.29, 0.717) is 0 Å². The Morgan fingerprint density at radius 1 is 1.00 bits per heavy atom. The molecular weight excluding hydrogens is 300 g/mol. The monoisotopic (exact) mass is 318 g/mol. The maximum Gasteiger partial charge on any atom is 0.324 e. The maximum absolute atomic E-state index is 11.5. The fraction of sp³-hybridized carbons (Fsp3) is 0.188. The highest BCUT2D eigenvalue weighted by molar-refractivity contribution is 7.97. The number of benzene rings is 2. The number of rotatable bonds is 6. The Hall–Kier alpha value is -2.02. The van der Waals surface area contributed by atoms with Crippen LogP contribution in [0.2, 0.25) is 0 Å². The Bertz CT molecular complexity index is 553. The molecule has 5 nitrogen and oxygen atoms in total. The molecule has 0 saturated heterocycles. The van der Waals surface area contributed by atoms with Crippen LogP contribution in [0.1, 0.15) is 16.4 Å². The molecule has 0 aliphatic heterocycles. The van der Waals surface area contributed by atoms with Gasteiger partial charge in [-0.1, -0.05) is 60.7 Å². The number of hydrogen-bond acceptors (Lipinski definition) is 4. The molecule has 0 unspecified atom stereocenters. The number of carbonyl (C=O) groups excluding carboxylic acids is 1. The largest absolute Gasteiger partial charge is 0.367 e. The summed E-state index contributed by atoms with van der Waals surface area (Å²) in [6.45, 7) is -0.254. The van der Waals surface area contributed by atoms with Crippen LogP contribution in [0.15, 0.2) is 60.7 Å². The van der Waals surface area contributed by atoms with Gasteiger partial charge in [-0.25, -0.2) is 4.79 Å². The molecule has 0 aliphatic rings. The van der Waals surface area contributed by atoms with Crippen molar-refractivity contribution in [2.24, 2.45) is 5.73 Å². The van der Waals surface area contributed by atoms with Crippen molar-refractivity contribution in [2.45, 2.75) is 11.5 Å². The number of aliphatic hydroxyl groups is 2. The molecule has 0 radical (unpaired) electrons. The van der Waals surface area contributed by atoms with Crippen LogP contribution in [0.25, 0.3) is 0 Å². The second-order valence-electron chi connectivity index (χ2n) is 4.69. The van der Waals surface area contributed by atoms with Crippen LogP contribution < -0.4 is 5.73 Å². The molecule has 22 heavy (non-hydrogen) atoms. The van der Waals surface area contributed by atoms with Crippen LogP contribution in [-0.4, -0.2) is 33.4 Å². The highest BCUT2D eigenvalue weighted by Gasteiger charge is 2.22. The Balaban J connectivity index is 2.30. The normalized spacial score (nSPS) is 10.9. The van der Waals surface area contributed by atoms with Crippen molar-refractivity contribution in [1.82, 2.24) is 4.31 Å². The molecule has 0 spiro atoms. The summed E-state index contributed by atoms with van der Waals surface area (Å²) >= 11 is 1.17. The van der Waals surface area contributed by atoms with Crippen molar-refractivity contribution in [3.63, 3.8) is 0 Å². The summed E-state index contributed by atoms with van der Waals surface area (Å²) in [7, 11) is 0. The van der Waals surface area contributed by atoms with Crippen molar-refractivity contribution in [2.75, 3.05) is 6.54 Å². The number of hydrogen-bond donors (Lipinski definition) is 3. The van der Waals surface area contributed by atoms with Crippen LogP contribution in [-0.2, 0) is 0 Å². The molecule has 2 rings (SSSR count). The van der Waals surface area contributed by atoms with Gasteiger partial charge in [-0.3, -0.25) is 4.31 Å². The third kappa shape index (κ3) is 4.49. The lowest BCUT2D eigenvalue weighted by Crippen LogP contribution is -2.36. The van der Waals surface area contributed by atoms with Gasteiger partial charge in [0, 0.05) is 0 Å². The highest BCUT2D eigenvalue weighted by Crippen LogP contribution is 2.37. The average Bonchev–Trinajstić information content (AvgIpc) is 2.52. The molecule has 0 aromatic heterocycles. The van der Waals surface area contributed by atoms with Gasteiger partial charge in [-0.15, -0.1) is 0 Å². The standard InChI is InChI=1S/C16H18N2O3S/c17-16(21)18(11-14(19)20)22-15(12-7-3-1-4-8-12)13-9-5-2-6-10-13/h1-10,14-15,19-20H,11H2,(H2,17,21). The molecule has 2 amide bonds. The zero-order valence-electron chi connectivity index (χ0n) is 11.9. The van der Waals surface area contributed by atoms with Crippen LogP contribution >= 0.6 is 11.9 Å². The minimum absolute atomic E-state index is 0.173. The molecule has 6 heteroatoms. The molecular formula is C16H18N2O3S. The number of amides is 2. The van der Waals surface area contributed by atoms with Gasteiger partial charge in [-0.05, 0) is 23.1 Å². The fourth-order valence-electron chi connectivity index (χ4n) is 2.03. The van der Waals surface area contributed by atoms with Gasteiger partial charge in [0.25, 0.3) is 0 Å². The molecule has 0 heterocycles. The minimum atomic E-state index is -1.63. The Morgan fingerprint density at radius 2 is 1.45 bits per heavy atom. The van der Waals surface area contributed by atoms with Crippen molar-refractivity contribution < 1.29 is 15.0 Å². The Kier molecular flexibility index (Phi) is 5.83. The van der Waals surface area contributed by atoms with Crippen molar-refractivity contribution in [1.29, 1.82) is 0 Å². The first-order valence-corrected chi connectivity index (χ1v) is 7.61. The number of nitrogens with zero attached hydrogens (tertiary/aromatic N) is 1. The lowest BCUT2D eigenvalue weighted by molar-refractivity contribution is -0.0440. The lowest BCUT2D eigenvalue weighted by atomic mass is 10.0. The summed E-state index contributed by atoms with van der Waals surface area (Å²) in [5.41, 5.74) is 7.33. The molecule has 116 valence electrons. The molecule has 0 fully saturated rings. The van der Waals surface area contributed by atoms with Gasteiger partial charge in [0.15, 0.2) is 6.29 Å². The van der Waals surface area contributed by atoms with Gasteiger partial charge in [0.05, 0.1) is 11.8 Å². The number of aliphatic hydroxyl groups excluding tert-OH is 1. The quantitative estimate of drug-likeness (QED) is 0.562. The van der Waals surface area contributed by atoms with Gasteiger partial charge in [0.2, 0.25) is 0 Å². The van der Waals surface area contributed by atoms with Gasteiger partial charge in [0.1, 0.15) is 0 Å². The van der Waals surface area contributed by atoms with E-state index in [9.17, 15) is 4.79 Å². The fourth-order valence-corrected chi connectivity index (χ4v) is 3.17. The number of carbonyl (C=O) groups is 1. The van der Waals surface area contributed by atoms with Crippen LogP contribution in [0.3, 0.4) is 0 Å². The first kappa shape index (κ1) is 16.4. The topological polar surface area (TPSA) is 86.8 Å². The molecule has 4 N–H and O–H groups in total. The van der Waals surface area contributed by atoms with Crippen LogP contribution in [0.5, 0.6) is 0 Å². The summed E-state index contributed by atoms with van der Waals surface area (Å²) in [6.07, 6.45) is -1.63. The summed E-state index contributed by atoms with van der Waals surface area (Å²) in [5, 5.41) is 18.1. The van der Waals surface area contributed by atoms with Crippen molar-refractivity contribution >= 4 is 18.0 Å². The Morgan fingerprint density at radius 3 is 1.82 bits per heavy atom. The van der Waals surface area contributed by atoms with Gasteiger partial charge in [-0.2, -0.15) is 0 Å². The summed E-state index contributed by atoms with van der Waals surface area (Å²) in [6, 6.07) is 18.6. The van der Waals surface area contributed by atoms with E-state index in [1.165, 1.54) is 11.9 Å². The number of urea groups is 1. The van der Waals surface area contributed by atoms with Gasteiger partial charge >= 0.3 is 6.03 Å². The molecule has 0 atom stereocenters. The highest BCUT2D eigenvalue weighted by atomic mass is 32.2. The van der Waals surface area contributed by atoms with Crippen molar-refractivity contribution in [3.8, 4) is 0 Å². The predicted molar refractivity (Wildman–Crippen MR) is 86.8 cm³/mol. The number of primary amides is 1. The molecule has 2 aromatic rings. The van der Waals surface area contributed by atoms with E-state index < -0.39 is 12.3 Å². The van der Waals surface area contributed by atoms with E-state index in [0.717, 1.165) is 15.4 Å². The molecule has 0 bridgehead atoms. The first-order chi connectivity index (χ1) is 10.6. The maximum atomic E-state index is 11.5. The zero-order chi connectivity index (χ0) is 15.9. The molecule has 2 aromatic carbocycles. The van der Waals surface area contributed by atoms with E-state index in [4.69, 9.17) is 15.9 Å². The van der Waals surface area contributed by atoms with E-state index in [2.05, 4.69) is 0 Å². The smallest absolute Gasteiger partial charge is 0.324 e. The second kappa shape index (κ2) is 7.84. The van der Waals surface area contributed by atoms with E-state index in [1.54, 1.807) is 0 Å². The van der Waals surface area contributed by atoms with Gasteiger partial charge < -0.3 is 15.9 Å². The summed E-state index contributed by atoms with van der Waals surface area (Å²) in [4.78, 5) is 11.5. The van der Waals surface area contributed by atoms with Crippen LogP contribution in [0, 0.1) is 0 Å². The van der Waals surface area contributed by atoms with Crippen LogP contribution in [0.4, 0.5) is 4.79 Å². The van der Waals surface area contributed by atoms with E-state index in [-0.39, 0.29) is 11.8 Å². The molecule has 0 aliphatic carbocycles. The summed E-state index contributed by atoms with van der Waals surface area (Å²) < 4.78 is 1.16. The SMILES string of the molecule is NC(=O)N(CC(O)O)SC(c1ccccc1)c1ccccc1. The van der Waals surface area contributed by atoms with E-state index in [1.807, 2.05) is 60.7 Å². The Labute approximate surface area is 133 Å². The van der Waals surface area contributed by atoms with E-state index >= 15 is 0 Å². The molecule has 0 saturated carbocycles. The zero-order valence-corrected chi connectivity index (χ0v) is 12.7. The third-order valence-corrected chi connectivity index (χ3v) is 4.35. The minimum Gasteiger partial charge on any atom is -0.367 e. The second-order valence-corrected chi connectivity index (χ2v) is 5.81. The average molecular weight is 318 g/mol. The lowest BCUT2D eigenvalue weighted by Gasteiger charge is -2.26. The summed E-state index contributed by atoms with van der Waals surface area (Å²) in [5.74, 6) is 0. The first-order valence-electron chi connectivity index (χ1n) is 6.77. The number of nitrogens with two attached hydrogens (primary N) is 1.